The fraction of sp³-hybridized carbons (Fsp3) is 0.308. The molecule has 0 fully saturated rings. The Kier molecular flexibility index (Phi) is 3.99. The number of rotatable bonds is 4. The molecule has 1 heterocycles. The molecule has 0 spiro atoms. The van der Waals surface area contributed by atoms with Gasteiger partial charge in [-0.1, -0.05) is 31.5 Å². The zero-order valence-electron chi connectivity index (χ0n) is 10.2. The molecule has 3 nitrogen and oxygen atoms in total. The molecule has 0 atom stereocenters. The summed E-state index contributed by atoms with van der Waals surface area (Å²) in [5.74, 6) is -0.144. The van der Waals surface area contributed by atoms with E-state index in [4.69, 9.17) is 16.0 Å². The third-order valence-electron chi connectivity index (χ3n) is 2.43. The lowest BCUT2D eigenvalue weighted by Crippen LogP contribution is -2.21. The molecule has 1 aromatic carbocycles. The molecule has 0 aliphatic carbocycles. The summed E-state index contributed by atoms with van der Waals surface area (Å²) in [6.07, 6.45) is 1.55. The molecule has 2 rings (SSSR count). The molecule has 0 saturated heterocycles. The van der Waals surface area contributed by atoms with E-state index < -0.39 is 5.82 Å². The van der Waals surface area contributed by atoms with E-state index in [1.54, 1.807) is 18.4 Å². The van der Waals surface area contributed by atoms with Crippen LogP contribution in [0.3, 0.4) is 0 Å². The second-order valence-corrected chi connectivity index (χ2v) is 4.66. The fourth-order valence-electron chi connectivity index (χ4n) is 1.49. The van der Waals surface area contributed by atoms with Crippen LogP contribution in [0, 0.1) is 5.82 Å². The van der Waals surface area contributed by atoms with Gasteiger partial charge in [-0.3, -0.25) is 0 Å². The Hall–Kier alpha value is -1.39. The van der Waals surface area contributed by atoms with Crippen molar-refractivity contribution >= 4 is 11.6 Å². The van der Waals surface area contributed by atoms with Crippen molar-refractivity contribution in [2.24, 2.45) is 0 Å². The standard InChI is InChI=1S/C13H14ClFN2O/c1-8(2)16-6-9-7-18-13(17-9)10-4-3-5-11(15)12(10)14/h3-5,7-8,16H,6H2,1-2H3. The van der Waals surface area contributed by atoms with Crippen LogP contribution in [0.1, 0.15) is 19.5 Å². The van der Waals surface area contributed by atoms with E-state index in [1.807, 2.05) is 13.8 Å². The van der Waals surface area contributed by atoms with Crippen molar-refractivity contribution in [2.45, 2.75) is 26.4 Å². The number of halogens is 2. The van der Waals surface area contributed by atoms with Crippen LogP contribution in [0.4, 0.5) is 4.39 Å². The molecule has 2 aromatic rings. The summed E-state index contributed by atoms with van der Waals surface area (Å²) in [5, 5.41) is 3.25. The first-order valence-electron chi connectivity index (χ1n) is 5.70. The zero-order valence-corrected chi connectivity index (χ0v) is 11.0. The summed E-state index contributed by atoms with van der Waals surface area (Å²) in [5.41, 5.74) is 1.23. The Bertz CT molecular complexity index is 540. The van der Waals surface area contributed by atoms with E-state index in [1.165, 1.54) is 6.07 Å². The van der Waals surface area contributed by atoms with Gasteiger partial charge in [0.1, 0.15) is 12.1 Å². The van der Waals surface area contributed by atoms with Gasteiger partial charge < -0.3 is 9.73 Å². The quantitative estimate of drug-likeness (QED) is 0.920. The second kappa shape index (κ2) is 5.50. The predicted octanol–water partition coefficient (Wildman–Crippen LogP) is 3.63. The van der Waals surface area contributed by atoms with E-state index >= 15 is 0 Å². The Morgan fingerprint density at radius 3 is 2.94 bits per heavy atom. The summed E-state index contributed by atoms with van der Waals surface area (Å²) in [6.45, 7) is 4.70. The molecule has 0 aliphatic heterocycles. The average Bonchev–Trinajstić information content (AvgIpc) is 2.78. The first kappa shape index (κ1) is 13.1. The third-order valence-corrected chi connectivity index (χ3v) is 2.81. The average molecular weight is 269 g/mol. The summed E-state index contributed by atoms with van der Waals surface area (Å²) in [6, 6.07) is 4.92. The summed E-state index contributed by atoms with van der Waals surface area (Å²) in [4.78, 5) is 4.27. The van der Waals surface area contributed by atoms with Gasteiger partial charge in [0.05, 0.1) is 16.3 Å². The van der Waals surface area contributed by atoms with Crippen molar-refractivity contribution < 1.29 is 8.81 Å². The number of nitrogens with one attached hydrogen (secondary N) is 1. The Morgan fingerprint density at radius 2 is 2.22 bits per heavy atom. The van der Waals surface area contributed by atoms with Crippen LogP contribution >= 0.6 is 11.6 Å². The van der Waals surface area contributed by atoms with E-state index in [9.17, 15) is 4.39 Å². The molecule has 0 saturated carbocycles. The van der Waals surface area contributed by atoms with Gasteiger partial charge in [-0.15, -0.1) is 0 Å². The van der Waals surface area contributed by atoms with Crippen molar-refractivity contribution in [3.8, 4) is 11.5 Å². The molecule has 0 radical (unpaired) electrons. The van der Waals surface area contributed by atoms with Gasteiger partial charge in [0.15, 0.2) is 0 Å². The maximum atomic E-state index is 13.3. The molecule has 0 aliphatic rings. The van der Waals surface area contributed by atoms with Crippen LogP contribution in [0.25, 0.3) is 11.5 Å². The van der Waals surface area contributed by atoms with E-state index in [2.05, 4.69) is 10.3 Å². The third kappa shape index (κ3) is 2.89. The highest BCUT2D eigenvalue weighted by Crippen LogP contribution is 2.29. The number of hydrogen-bond acceptors (Lipinski definition) is 3. The van der Waals surface area contributed by atoms with Crippen molar-refractivity contribution in [1.29, 1.82) is 0 Å². The molecule has 0 bridgehead atoms. The zero-order chi connectivity index (χ0) is 13.1. The lowest BCUT2D eigenvalue weighted by molar-refractivity contribution is 0.559. The van der Waals surface area contributed by atoms with Gasteiger partial charge in [-0.25, -0.2) is 9.37 Å². The maximum Gasteiger partial charge on any atom is 0.227 e. The monoisotopic (exact) mass is 268 g/mol. The van der Waals surface area contributed by atoms with Crippen molar-refractivity contribution in [3.05, 3.63) is 41.0 Å². The summed E-state index contributed by atoms with van der Waals surface area (Å²) >= 11 is 5.87. The van der Waals surface area contributed by atoms with Gasteiger partial charge in [0, 0.05) is 12.6 Å². The van der Waals surface area contributed by atoms with Gasteiger partial charge >= 0.3 is 0 Å². The van der Waals surface area contributed by atoms with Gasteiger partial charge in [0.2, 0.25) is 5.89 Å². The molecule has 18 heavy (non-hydrogen) atoms. The number of aromatic nitrogens is 1. The lowest BCUT2D eigenvalue weighted by atomic mass is 10.2. The highest BCUT2D eigenvalue weighted by Gasteiger charge is 2.13. The topological polar surface area (TPSA) is 38.1 Å². The van der Waals surface area contributed by atoms with Crippen LogP contribution < -0.4 is 5.32 Å². The largest absolute Gasteiger partial charge is 0.444 e. The van der Waals surface area contributed by atoms with Gasteiger partial charge in [0.25, 0.3) is 0 Å². The number of oxazole rings is 1. The van der Waals surface area contributed by atoms with E-state index in [-0.39, 0.29) is 5.02 Å². The van der Waals surface area contributed by atoms with Crippen LogP contribution in [0.15, 0.2) is 28.9 Å². The first-order chi connectivity index (χ1) is 8.58. The Balaban J connectivity index is 2.21. The van der Waals surface area contributed by atoms with Crippen molar-refractivity contribution in [3.63, 3.8) is 0 Å². The van der Waals surface area contributed by atoms with Crippen LogP contribution in [0.5, 0.6) is 0 Å². The Labute approximate surface area is 110 Å². The fourth-order valence-corrected chi connectivity index (χ4v) is 1.70. The molecular formula is C13H14ClFN2O. The van der Waals surface area contributed by atoms with Crippen LogP contribution in [0.2, 0.25) is 5.02 Å². The maximum absolute atomic E-state index is 13.3. The molecule has 1 aromatic heterocycles. The molecule has 0 unspecified atom stereocenters. The van der Waals surface area contributed by atoms with Gasteiger partial charge in [-0.05, 0) is 12.1 Å². The summed E-state index contributed by atoms with van der Waals surface area (Å²) in [7, 11) is 0. The van der Waals surface area contributed by atoms with Gasteiger partial charge in [-0.2, -0.15) is 0 Å². The van der Waals surface area contributed by atoms with Crippen LogP contribution in [-0.4, -0.2) is 11.0 Å². The number of nitrogens with zero attached hydrogens (tertiary/aromatic N) is 1. The van der Waals surface area contributed by atoms with E-state index in [0.29, 0.717) is 24.0 Å². The first-order valence-corrected chi connectivity index (χ1v) is 6.08. The molecule has 1 N–H and O–H groups in total. The SMILES string of the molecule is CC(C)NCc1coc(-c2cccc(F)c2Cl)n1. The predicted molar refractivity (Wildman–Crippen MR) is 68.9 cm³/mol. The second-order valence-electron chi connectivity index (χ2n) is 4.28. The minimum absolute atomic E-state index is 0.0303. The lowest BCUT2D eigenvalue weighted by Gasteiger charge is -2.04. The van der Waals surface area contributed by atoms with Crippen LogP contribution in [-0.2, 0) is 6.54 Å². The smallest absolute Gasteiger partial charge is 0.227 e. The van der Waals surface area contributed by atoms with E-state index in [0.717, 1.165) is 5.69 Å². The summed E-state index contributed by atoms with van der Waals surface area (Å²) < 4.78 is 18.6. The minimum atomic E-state index is -0.478. The minimum Gasteiger partial charge on any atom is -0.444 e. The highest BCUT2D eigenvalue weighted by atomic mass is 35.5. The Morgan fingerprint density at radius 1 is 1.44 bits per heavy atom. The molecule has 96 valence electrons. The molecular weight excluding hydrogens is 255 g/mol. The molecule has 0 amide bonds. The highest BCUT2D eigenvalue weighted by molar-refractivity contribution is 6.33. The number of hydrogen-bond donors (Lipinski definition) is 1. The van der Waals surface area contributed by atoms with Crippen molar-refractivity contribution in [2.75, 3.05) is 0 Å². The normalized spacial score (nSPS) is 11.2. The molecule has 5 heteroatoms. The van der Waals surface area contributed by atoms with Crippen molar-refractivity contribution in [1.82, 2.24) is 10.3 Å². The number of benzene rings is 1.